The Labute approximate surface area is 197 Å². The third kappa shape index (κ3) is 6.70. The molecule has 0 saturated heterocycles. The van der Waals surface area contributed by atoms with E-state index in [1.165, 1.54) is 36.5 Å². The Morgan fingerprint density at radius 2 is 1.94 bits per heavy atom. The zero-order chi connectivity index (χ0) is 23.8. The maximum absolute atomic E-state index is 12.7. The van der Waals surface area contributed by atoms with Crippen LogP contribution in [0.25, 0.3) is 0 Å². The monoisotopic (exact) mass is 452 g/mol. The molecule has 33 heavy (non-hydrogen) atoms. The molecule has 1 aromatic carbocycles. The number of aryl methyl sites for hydroxylation is 2. The highest BCUT2D eigenvalue weighted by Gasteiger charge is 2.25. The molecule has 0 saturated carbocycles. The van der Waals surface area contributed by atoms with Gasteiger partial charge in [0.1, 0.15) is 5.82 Å². The summed E-state index contributed by atoms with van der Waals surface area (Å²) in [6.07, 6.45) is 11.2. The minimum Gasteiger partial charge on any atom is -0.341 e. The Bertz CT molecular complexity index is 1050. The van der Waals surface area contributed by atoms with Crippen molar-refractivity contribution in [1.82, 2.24) is 14.5 Å². The zero-order valence-electron chi connectivity index (χ0n) is 20.7. The summed E-state index contributed by atoms with van der Waals surface area (Å²) in [6.45, 7) is 11.5. The average Bonchev–Trinajstić information content (AvgIpc) is 2.80. The van der Waals surface area contributed by atoms with Gasteiger partial charge in [-0.2, -0.15) is 0 Å². The lowest BCUT2D eigenvalue weighted by molar-refractivity contribution is 0.146. The van der Waals surface area contributed by atoms with Crippen LogP contribution in [-0.2, 0) is 13.0 Å². The minimum absolute atomic E-state index is 0.358. The van der Waals surface area contributed by atoms with Crippen molar-refractivity contribution in [3.8, 4) is 0 Å². The molecule has 1 aliphatic heterocycles. The number of anilines is 2. The summed E-state index contributed by atoms with van der Waals surface area (Å²) < 4.78 is 1.67. The summed E-state index contributed by atoms with van der Waals surface area (Å²) in [6, 6.07) is 8.14. The van der Waals surface area contributed by atoms with Crippen molar-refractivity contribution in [2.75, 3.05) is 18.4 Å². The molecular formula is C27H40N4O2. The second kappa shape index (κ2) is 12.0. The summed E-state index contributed by atoms with van der Waals surface area (Å²) in [5.74, 6) is 0.986. The number of unbranched alkanes of at least 4 members (excludes halogenated alkanes) is 2. The molecule has 0 spiro atoms. The third-order valence-electron chi connectivity index (χ3n) is 6.90. The quantitative estimate of drug-likeness (QED) is 0.372. The van der Waals surface area contributed by atoms with Crippen molar-refractivity contribution < 1.29 is 0 Å². The molecule has 2 aromatic rings. The first kappa shape index (κ1) is 25.0. The lowest BCUT2D eigenvalue weighted by atomic mass is 9.91. The van der Waals surface area contributed by atoms with Crippen molar-refractivity contribution in [2.45, 2.75) is 78.8 Å². The Hall–Kier alpha value is -2.60. The molecule has 1 aromatic heterocycles. The molecule has 180 valence electrons. The van der Waals surface area contributed by atoms with E-state index in [9.17, 15) is 9.59 Å². The van der Waals surface area contributed by atoms with E-state index in [2.05, 4.69) is 67.2 Å². The van der Waals surface area contributed by atoms with Crippen LogP contribution in [0, 0.1) is 12.8 Å². The molecule has 2 atom stereocenters. The smallest absolute Gasteiger partial charge is 0.329 e. The zero-order valence-corrected chi connectivity index (χ0v) is 20.7. The third-order valence-corrected chi connectivity index (χ3v) is 6.90. The number of H-pyrrole nitrogens is 1. The molecule has 0 radical (unpaired) electrons. The summed E-state index contributed by atoms with van der Waals surface area (Å²) in [4.78, 5) is 29.8. The van der Waals surface area contributed by atoms with Gasteiger partial charge in [0.2, 0.25) is 0 Å². The number of hydrogen-bond acceptors (Lipinski definition) is 4. The van der Waals surface area contributed by atoms with Crippen LogP contribution in [0.15, 0.2) is 46.0 Å². The normalized spacial score (nSPS) is 17.3. The second-order valence-corrected chi connectivity index (χ2v) is 9.34. The fourth-order valence-corrected chi connectivity index (χ4v) is 4.79. The first-order valence-corrected chi connectivity index (χ1v) is 12.5. The van der Waals surface area contributed by atoms with Crippen LogP contribution in [0.2, 0.25) is 0 Å². The van der Waals surface area contributed by atoms with Crippen molar-refractivity contribution in [2.24, 2.45) is 5.92 Å². The Morgan fingerprint density at radius 3 is 2.70 bits per heavy atom. The summed E-state index contributed by atoms with van der Waals surface area (Å²) in [5, 5.41) is 3.32. The molecule has 3 rings (SSSR count). The summed E-state index contributed by atoms with van der Waals surface area (Å²) >= 11 is 0. The van der Waals surface area contributed by atoms with Crippen molar-refractivity contribution in [1.29, 1.82) is 0 Å². The number of aromatic amines is 1. The van der Waals surface area contributed by atoms with Gasteiger partial charge < -0.3 is 5.32 Å². The highest BCUT2D eigenvalue weighted by atomic mass is 16.2. The van der Waals surface area contributed by atoms with Crippen LogP contribution in [-0.4, -0.2) is 33.6 Å². The van der Waals surface area contributed by atoms with Gasteiger partial charge in [0, 0.05) is 30.9 Å². The molecule has 2 unspecified atom stereocenters. The van der Waals surface area contributed by atoms with Gasteiger partial charge in [-0.25, -0.2) is 4.79 Å². The number of hydrogen-bond donors (Lipinski definition) is 2. The molecule has 6 heteroatoms. The standard InChI is InChI=1S/C27H40N4O2/c1-5-7-9-15-30-16-10-8-11-24(30)21(4)14-17-31-25(19-26(32)29-27(31)33)28-23-13-12-20(3)22(6-2)18-23/h8,10,12-13,18-19,21,24,28H,5-7,9,11,14-17H2,1-4H3,(H,29,32,33). The lowest BCUT2D eigenvalue weighted by Crippen LogP contribution is -2.42. The van der Waals surface area contributed by atoms with Crippen LogP contribution in [0.5, 0.6) is 0 Å². The Kier molecular flexibility index (Phi) is 9.12. The number of aromatic nitrogens is 2. The number of nitrogens with one attached hydrogen (secondary N) is 2. The van der Waals surface area contributed by atoms with Gasteiger partial charge in [-0.1, -0.05) is 51.8 Å². The van der Waals surface area contributed by atoms with Crippen molar-refractivity contribution >= 4 is 11.5 Å². The maximum Gasteiger partial charge on any atom is 0.329 e. The van der Waals surface area contributed by atoms with Gasteiger partial charge in [-0.3, -0.25) is 19.2 Å². The lowest BCUT2D eigenvalue weighted by Gasteiger charge is -2.37. The van der Waals surface area contributed by atoms with Crippen LogP contribution < -0.4 is 16.6 Å². The van der Waals surface area contributed by atoms with Gasteiger partial charge in [0.05, 0.1) is 0 Å². The van der Waals surface area contributed by atoms with E-state index in [1.54, 1.807) is 4.57 Å². The molecule has 2 N–H and O–H groups in total. The first-order valence-electron chi connectivity index (χ1n) is 12.5. The molecule has 0 aliphatic carbocycles. The van der Waals surface area contributed by atoms with E-state index in [0.717, 1.165) is 38.0 Å². The average molecular weight is 453 g/mol. The number of rotatable bonds is 11. The van der Waals surface area contributed by atoms with Crippen LogP contribution in [0.4, 0.5) is 11.5 Å². The van der Waals surface area contributed by atoms with E-state index in [0.29, 0.717) is 24.3 Å². The molecule has 2 heterocycles. The Balaban J connectivity index is 1.74. The fraction of sp³-hybridized carbons (Fsp3) is 0.556. The molecule has 1 aliphatic rings. The van der Waals surface area contributed by atoms with Gasteiger partial charge in [0.15, 0.2) is 0 Å². The highest BCUT2D eigenvalue weighted by Crippen LogP contribution is 2.24. The Morgan fingerprint density at radius 1 is 1.12 bits per heavy atom. The molecular weight excluding hydrogens is 412 g/mol. The predicted octanol–water partition coefficient (Wildman–Crippen LogP) is 5.00. The topological polar surface area (TPSA) is 70.1 Å². The summed E-state index contributed by atoms with van der Waals surface area (Å²) in [7, 11) is 0. The molecule has 0 amide bonds. The van der Waals surface area contributed by atoms with Crippen molar-refractivity contribution in [3.63, 3.8) is 0 Å². The fourth-order valence-electron chi connectivity index (χ4n) is 4.79. The SMILES string of the molecule is CCCCCN1CC=CCC1C(C)CCn1c(Nc2ccc(C)c(CC)c2)cc(=O)[nH]c1=O. The molecule has 0 bridgehead atoms. The van der Waals surface area contributed by atoms with Crippen LogP contribution in [0.3, 0.4) is 0 Å². The highest BCUT2D eigenvalue weighted by molar-refractivity contribution is 5.58. The number of nitrogens with zero attached hydrogens (tertiary/aromatic N) is 2. The second-order valence-electron chi connectivity index (χ2n) is 9.34. The maximum atomic E-state index is 12.7. The number of benzene rings is 1. The van der Waals surface area contributed by atoms with E-state index in [4.69, 9.17) is 0 Å². The largest absolute Gasteiger partial charge is 0.341 e. The van der Waals surface area contributed by atoms with E-state index >= 15 is 0 Å². The van der Waals surface area contributed by atoms with Crippen LogP contribution >= 0.6 is 0 Å². The van der Waals surface area contributed by atoms with Crippen LogP contribution in [0.1, 0.15) is 64.0 Å². The molecule has 0 fully saturated rings. The van der Waals surface area contributed by atoms with Gasteiger partial charge in [-0.05, 0) is 68.3 Å². The first-order chi connectivity index (χ1) is 15.9. The summed E-state index contributed by atoms with van der Waals surface area (Å²) in [5.41, 5.74) is 2.65. The van der Waals surface area contributed by atoms with Gasteiger partial charge in [-0.15, -0.1) is 0 Å². The predicted molar refractivity (Wildman–Crippen MR) is 138 cm³/mol. The van der Waals surface area contributed by atoms with E-state index < -0.39 is 0 Å². The minimum atomic E-state index is -0.380. The van der Waals surface area contributed by atoms with Gasteiger partial charge >= 0.3 is 5.69 Å². The van der Waals surface area contributed by atoms with E-state index in [-0.39, 0.29) is 11.2 Å². The van der Waals surface area contributed by atoms with Gasteiger partial charge in [0.25, 0.3) is 5.56 Å². The van der Waals surface area contributed by atoms with Crippen molar-refractivity contribution in [3.05, 3.63) is 68.4 Å². The van der Waals surface area contributed by atoms with E-state index in [1.807, 2.05) is 6.07 Å². The molecule has 6 nitrogen and oxygen atoms in total.